The van der Waals surface area contributed by atoms with Crippen molar-refractivity contribution in [2.24, 2.45) is 0 Å². The van der Waals surface area contributed by atoms with Gasteiger partial charge in [-0.3, -0.25) is 0 Å². The Labute approximate surface area is 159 Å². The number of benzene rings is 1. The first-order valence-corrected chi connectivity index (χ1v) is 10.8. The maximum atomic E-state index is 13.2. The fourth-order valence-corrected chi connectivity index (χ4v) is 5.50. The van der Waals surface area contributed by atoms with E-state index in [0.29, 0.717) is 37.7 Å². The molecule has 1 aromatic carbocycles. The molecule has 1 unspecified atom stereocenters. The number of fused-ring (bicyclic) bond motifs is 1. The molecule has 8 nitrogen and oxygen atoms in total. The number of para-hydroxylation sites is 1. The SMILES string of the molecule is COc1ccccc1S(=O)(=O)N1CCc2nnc(C3CCCNC3)n2CC1. The summed E-state index contributed by atoms with van der Waals surface area (Å²) in [5, 5.41) is 12.2. The first kappa shape index (κ1) is 18.4. The van der Waals surface area contributed by atoms with Crippen molar-refractivity contribution in [2.75, 3.05) is 33.3 Å². The van der Waals surface area contributed by atoms with Crippen molar-refractivity contribution in [1.29, 1.82) is 0 Å². The van der Waals surface area contributed by atoms with E-state index in [1.165, 1.54) is 11.4 Å². The molecule has 0 saturated carbocycles. The molecule has 1 saturated heterocycles. The summed E-state index contributed by atoms with van der Waals surface area (Å²) in [5.74, 6) is 2.56. The van der Waals surface area contributed by atoms with Crippen LogP contribution in [0.2, 0.25) is 0 Å². The first-order chi connectivity index (χ1) is 13.1. The molecule has 27 heavy (non-hydrogen) atoms. The number of methoxy groups -OCH3 is 1. The molecular formula is C18H25N5O3S. The number of hydrogen-bond acceptors (Lipinski definition) is 6. The summed E-state index contributed by atoms with van der Waals surface area (Å²) in [6.07, 6.45) is 2.77. The van der Waals surface area contributed by atoms with Crippen LogP contribution in [0.15, 0.2) is 29.2 Å². The second kappa shape index (κ2) is 7.57. The fraction of sp³-hybridized carbons (Fsp3) is 0.556. The van der Waals surface area contributed by atoms with Gasteiger partial charge in [0.15, 0.2) is 0 Å². The molecule has 146 valence electrons. The Balaban J connectivity index is 1.57. The Hall–Kier alpha value is -1.97. The second-order valence-corrected chi connectivity index (χ2v) is 8.88. The summed E-state index contributed by atoms with van der Waals surface area (Å²) >= 11 is 0. The molecule has 0 radical (unpaired) electrons. The maximum absolute atomic E-state index is 13.2. The highest BCUT2D eigenvalue weighted by Gasteiger charge is 2.31. The predicted molar refractivity (Wildman–Crippen MR) is 100 cm³/mol. The van der Waals surface area contributed by atoms with Gasteiger partial charge in [-0.25, -0.2) is 8.42 Å². The van der Waals surface area contributed by atoms with Gasteiger partial charge in [0.1, 0.15) is 22.3 Å². The highest BCUT2D eigenvalue weighted by molar-refractivity contribution is 7.89. The molecule has 0 bridgehead atoms. The van der Waals surface area contributed by atoms with E-state index in [2.05, 4.69) is 20.1 Å². The molecule has 1 fully saturated rings. The van der Waals surface area contributed by atoms with Gasteiger partial charge in [-0.15, -0.1) is 10.2 Å². The Morgan fingerprint density at radius 1 is 1.19 bits per heavy atom. The standard InChI is InChI=1S/C18H25N5O3S/c1-26-15-6-2-3-7-16(15)27(24,25)22-10-8-17-20-21-18(23(17)12-11-22)14-5-4-9-19-13-14/h2-3,6-7,14,19H,4-5,8-13H2,1H3. The molecule has 2 aliphatic rings. The van der Waals surface area contributed by atoms with Crippen molar-refractivity contribution < 1.29 is 13.2 Å². The van der Waals surface area contributed by atoms with E-state index < -0.39 is 10.0 Å². The summed E-state index contributed by atoms with van der Waals surface area (Å²) in [5.41, 5.74) is 0. The van der Waals surface area contributed by atoms with Gasteiger partial charge in [0, 0.05) is 38.5 Å². The number of nitrogens with zero attached hydrogens (tertiary/aromatic N) is 4. The van der Waals surface area contributed by atoms with E-state index in [1.807, 2.05) is 0 Å². The quantitative estimate of drug-likeness (QED) is 0.836. The van der Waals surface area contributed by atoms with Crippen molar-refractivity contribution in [2.45, 2.75) is 36.6 Å². The van der Waals surface area contributed by atoms with E-state index in [-0.39, 0.29) is 4.90 Å². The third kappa shape index (κ3) is 3.46. The van der Waals surface area contributed by atoms with Gasteiger partial charge in [0.05, 0.1) is 7.11 Å². The fourth-order valence-electron chi connectivity index (χ4n) is 3.91. The van der Waals surface area contributed by atoms with Crippen LogP contribution in [-0.2, 0) is 23.0 Å². The first-order valence-electron chi connectivity index (χ1n) is 9.37. The van der Waals surface area contributed by atoms with Crippen LogP contribution >= 0.6 is 0 Å². The predicted octanol–water partition coefficient (Wildman–Crippen LogP) is 1.00. The lowest BCUT2D eigenvalue weighted by Crippen LogP contribution is -2.34. The lowest BCUT2D eigenvalue weighted by atomic mass is 9.99. The van der Waals surface area contributed by atoms with Gasteiger partial charge >= 0.3 is 0 Å². The summed E-state index contributed by atoms with van der Waals surface area (Å²) in [6, 6.07) is 6.76. The van der Waals surface area contributed by atoms with Crippen LogP contribution in [0.1, 0.15) is 30.4 Å². The molecular weight excluding hydrogens is 366 g/mol. The van der Waals surface area contributed by atoms with Gasteiger partial charge in [0.2, 0.25) is 10.0 Å². The van der Waals surface area contributed by atoms with Crippen molar-refractivity contribution in [1.82, 2.24) is 24.4 Å². The lowest BCUT2D eigenvalue weighted by Gasteiger charge is -2.23. The van der Waals surface area contributed by atoms with Crippen molar-refractivity contribution in [3.05, 3.63) is 35.9 Å². The molecule has 2 aromatic rings. The van der Waals surface area contributed by atoms with E-state index in [4.69, 9.17) is 4.74 Å². The van der Waals surface area contributed by atoms with Gasteiger partial charge in [-0.2, -0.15) is 4.31 Å². The summed E-state index contributed by atoms with van der Waals surface area (Å²) in [6.45, 7) is 3.31. The van der Waals surface area contributed by atoms with Crippen LogP contribution in [0.3, 0.4) is 0 Å². The Kier molecular flexibility index (Phi) is 5.16. The zero-order valence-corrected chi connectivity index (χ0v) is 16.3. The van der Waals surface area contributed by atoms with Gasteiger partial charge < -0.3 is 14.6 Å². The number of aromatic nitrogens is 3. The normalized spacial score (nSPS) is 21.4. The maximum Gasteiger partial charge on any atom is 0.246 e. The zero-order valence-electron chi connectivity index (χ0n) is 15.5. The molecule has 1 atom stereocenters. The molecule has 0 aliphatic carbocycles. The minimum absolute atomic E-state index is 0.210. The molecule has 1 aromatic heterocycles. The van der Waals surface area contributed by atoms with E-state index in [0.717, 1.165) is 37.6 Å². The van der Waals surface area contributed by atoms with Crippen LogP contribution in [0, 0.1) is 0 Å². The zero-order chi connectivity index (χ0) is 18.9. The molecule has 3 heterocycles. The third-order valence-electron chi connectivity index (χ3n) is 5.36. The van der Waals surface area contributed by atoms with Crippen LogP contribution in [0.25, 0.3) is 0 Å². The molecule has 0 spiro atoms. The van der Waals surface area contributed by atoms with Crippen molar-refractivity contribution in [3.63, 3.8) is 0 Å². The van der Waals surface area contributed by atoms with E-state index >= 15 is 0 Å². The Bertz CT molecular complexity index is 905. The van der Waals surface area contributed by atoms with Gasteiger partial charge in [0.25, 0.3) is 0 Å². The summed E-state index contributed by atoms with van der Waals surface area (Å²) in [4.78, 5) is 0.210. The number of sulfonamides is 1. The number of rotatable bonds is 4. The minimum atomic E-state index is -3.63. The molecule has 9 heteroatoms. The highest BCUT2D eigenvalue weighted by Crippen LogP contribution is 2.28. The minimum Gasteiger partial charge on any atom is -0.495 e. The number of piperidine rings is 1. The molecule has 1 N–H and O–H groups in total. The largest absolute Gasteiger partial charge is 0.495 e. The van der Waals surface area contributed by atoms with E-state index in [1.54, 1.807) is 24.3 Å². The average molecular weight is 391 g/mol. The number of hydrogen-bond donors (Lipinski definition) is 1. The van der Waals surface area contributed by atoms with Crippen LogP contribution in [-0.4, -0.2) is 60.8 Å². The topological polar surface area (TPSA) is 89.4 Å². The summed E-state index contributed by atoms with van der Waals surface area (Å²) in [7, 11) is -2.14. The second-order valence-electron chi connectivity index (χ2n) is 6.97. The van der Waals surface area contributed by atoms with Crippen LogP contribution in [0.5, 0.6) is 5.75 Å². The Morgan fingerprint density at radius 3 is 2.81 bits per heavy atom. The Morgan fingerprint density at radius 2 is 2.04 bits per heavy atom. The van der Waals surface area contributed by atoms with Gasteiger partial charge in [-0.1, -0.05) is 12.1 Å². The molecule has 0 amide bonds. The molecule has 2 aliphatic heterocycles. The number of nitrogens with one attached hydrogen (secondary N) is 1. The molecule has 4 rings (SSSR count). The van der Waals surface area contributed by atoms with Crippen LogP contribution in [0.4, 0.5) is 0 Å². The smallest absolute Gasteiger partial charge is 0.246 e. The van der Waals surface area contributed by atoms with Crippen molar-refractivity contribution >= 4 is 10.0 Å². The summed E-state index contributed by atoms with van der Waals surface area (Å²) < 4.78 is 35.2. The van der Waals surface area contributed by atoms with Crippen LogP contribution < -0.4 is 10.1 Å². The van der Waals surface area contributed by atoms with Crippen molar-refractivity contribution in [3.8, 4) is 5.75 Å². The monoisotopic (exact) mass is 391 g/mol. The lowest BCUT2D eigenvalue weighted by molar-refractivity contribution is 0.385. The average Bonchev–Trinajstić information content (AvgIpc) is 2.99. The third-order valence-corrected chi connectivity index (χ3v) is 7.30. The van der Waals surface area contributed by atoms with E-state index in [9.17, 15) is 8.42 Å². The van der Waals surface area contributed by atoms with Gasteiger partial charge in [-0.05, 0) is 31.5 Å². The highest BCUT2D eigenvalue weighted by atomic mass is 32.2. The number of ether oxygens (including phenoxy) is 1.